The van der Waals surface area contributed by atoms with Crippen molar-refractivity contribution < 1.29 is 16.8 Å². The molecule has 0 spiro atoms. The summed E-state index contributed by atoms with van der Waals surface area (Å²) in [7, 11) is -7.27. The molecule has 7 nitrogen and oxygen atoms in total. The summed E-state index contributed by atoms with van der Waals surface area (Å²) in [5, 5.41) is 9.06. The molecule has 1 aromatic rings. The lowest BCUT2D eigenvalue weighted by Gasteiger charge is -2.29. The van der Waals surface area contributed by atoms with E-state index in [9.17, 15) is 16.8 Å². The molecule has 1 saturated heterocycles. The monoisotopic (exact) mass is 385 g/mol. The van der Waals surface area contributed by atoms with E-state index in [1.807, 2.05) is 6.07 Å². The van der Waals surface area contributed by atoms with Gasteiger partial charge in [0, 0.05) is 6.54 Å². The van der Waals surface area contributed by atoms with Crippen LogP contribution in [0.15, 0.2) is 17.0 Å². The molecule has 1 aromatic carbocycles. The summed E-state index contributed by atoms with van der Waals surface area (Å²) >= 11 is 0. The summed E-state index contributed by atoms with van der Waals surface area (Å²) in [6.45, 7) is 6.60. The molecule has 0 radical (unpaired) electrons. The van der Waals surface area contributed by atoms with Crippen LogP contribution in [0.3, 0.4) is 0 Å². The van der Waals surface area contributed by atoms with E-state index in [1.165, 1.54) is 18.2 Å². The Kier molecular flexibility index (Phi) is 5.19. The third-order valence-electron chi connectivity index (χ3n) is 4.02. The van der Waals surface area contributed by atoms with Crippen molar-refractivity contribution in [2.24, 2.45) is 0 Å². The summed E-state index contributed by atoms with van der Waals surface area (Å²) in [6.07, 6.45) is 1.41. The Morgan fingerprint density at radius 3 is 2.24 bits per heavy atom. The molecule has 0 aliphatic carbocycles. The van der Waals surface area contributed by atoms with E-state index in [-0.39, 0.29) is 10.6 Å². The third-order valence-corrected chi connectivity index (χ3v) is 7.85. The maximum absolute atomic E-state index is 12.7. The molecule has 0 aromatic heterocycles. The molecule has 138 valence electrons. The second-order valence-electron chi connectivity index (χ2n) is 6.85. The predicted molar refractivity (Wildman–Crippen MR) is 96.3 cm³/mol. The Balaban J connectivity index is 2.50. The van der Waals surface area contributed by atoms with E-state index < -0.39 is 25.6 Å². The van der Waals surface area contributed by atoms with Gasteiger partial charge in [-0.1, -0.05) is 0 Å². The van der Waals surface area contributed by atoms with Crippen molar-refractivity contribution in [2.45, 2.75) is 51.0 Å². The minimum absolute atomic E-state index is 0.0778. The first-order valence-electron chi connectivity index (χ1n) is 7.96. The van der Waals surface area contributed by atoms with Gasteiger partial charge in [0.25, 0.3) is 0 Å². The fraction of sp³-hybridized carbons (Fsp3) is 0.562. The van der Waals surface area contributed by atoms with Crippen LogP contribution in [0.5, 0.6) is 0 Å². The van der Waals surface area contributed by atoms with Crippen LogP contribution in [-0.2, 0) is 20.0 Å². The molecule has 9 heteroatoms. The van der Waals surface area contributed by atoms with Gasteiger partial charge < -0.3 is 0 Å². The molecular formula is C16H23N3O4S2. The maximum atomic E-state index is 12.7. The molecule has 0 amide bonds. The first-order valence-corrected chi connectivity index (χ1v) is 11.1. The van der Waals surface area contributed by atoms with Crippen LogP contribution < -0.4 is 9.03 Å². The molecule has 1 aliphatic heterocycles. The fourth-order valence-corrected chi connectivity index (χ4v) is 6.39. The number of aryl methyl sites for hydroxylation is 2. The van der Waals surface area contributed by atoms with E-state index in [2.05, 4.69) is 4.72 Å². The summed E-state index contributed by atoms with van der Waals surface area (Å²) in [5.41, 5.74) is 0.120. The average Bonchev–Trinajstić information content (AvgIpc) is 2.44. The molecular weight excluding hydrogens is 362 g/mol. The van der Waals surface area contributed by atoms with Gasteiger partial charge in [0.15, 0.2) is 0 Å². The van der Waals surface area contributed by atoms with E-state index >= 15 is 0 Å². The van der Waals surface area contributed by atoms with E-state index in [1.54, 1.807) is 26.0 Å². The smallest absolute Gasteiger partial charge is 0.242 e. The topological polar surface area (TPSA) is 107 Å². The third kappa shape index (κ3) is 4.14. The number of sulfonamides is 2. The average molecular weight is 386 g/mol. The Labute approximate surface area is 149 Å². The molecule has 0 bridgehead atoms. The molecule has 2 rings (SSSR count). The number of hydrogen-bond acceptors (Lipinski definition) is 5. The number of nitriles is 1. The molecule has 1 aliphatic rings. The lowest BCUT2D eigenvalue weighted by atomic mass is 10.1. The number of anilines is 1. The number of nitrogens with one attached hydrogen (secondary N) is 1. The first kappa shape index (κ1) is 19.7. The molecule has 1 N–H and O–H groups in total. The van der Waals surface area contributed by atoms with Crippen LogP contribution in [0.4, 0.5) is 5.69 Å². The van der Waals surface area contributed by atoms with E-state index in [4.69, 9.17) is 5.26 Å². The SMILES string of the molecule is Cc1cc(N2CCCCS2(=O)=O)cc(C)c1S(=O)(=O)NC(C)(C)C#N. The Morgan fingerprint density at radius 2 is 1.76 bits per heavy atom. The second kappa shape index (κ2) is 6.59. The highest BCUT2D eigenvalue weighted by molar-refractivity contribution is 7.92. The highest BCUT2D eigenvalue weighted by Gasteiger charge is 2.31. The van der Waals surface area contributed by atoms with Gasteiger partial charge in [0.2, 0.25) is 20.0 Å². The molecule has 1 heterocycles. The first-order chi connectivity index (χ1) is 11.4. The molecule has 1 fully saturated rings. The van der Waals surface area contributed by atoms with Gasteiger partial charge in [-0.05, 0) is 63.8 Å². The van der Waals surface area contributed by atoms with Gasteiger partial charge in [-0.2, -0.15) is 9.98 Å². The highest BCUT2D eigenvalue weighted by atomic mass is 32.2. The van der Waals surface area contributed by atoms with Crippen LogP contribution in [0, 0.1) is 25.2 Å². The molecule has 25 heavy (non-hydrogen) atoms. The van der Waals surface area contributed by atoms with Crippen molar-refractivity contribution in [2.75, 3.05) is 16.6 Å². The zero-order valence-electron chi connectivity index (χ0n) is 14.8. The fourth-order valence-electron chi connectivity index (χ4n) is 2.98. The van der Waals surface area contributed by atoms with Gasteiger partial charge in [0.05, 0.1) is 22.4 Å². The van der Waals surface area contributed by atoms with Crippen LogP contribution in [0.25, 0.3) is 0 Å². The Bertz CT molecular complexity index is 906. The summed E-state index contributed by atoms with van der Waals surface area (Å²) in [4.78, 5) is 0.0778. The molecule has 0 unspecified atom stereocenters. The lowest BCUT2D eigenvalue weighted by Crippen LogP contribution is -2.42. The van der Waals surface area contributed by atoms with Gasteiger partial charge >= 0.3 is 0 Å². The van der Waals surface area contributed by atoms with Crippen molar-refractivity contribution in [3.63, 3.8) is 0 Å². The minimum Gasteiger partial charge on any atom is -0.270 e. The molecule has 0 saturated carbocycles. The largest absolute Gasteiger partial charge is 0.270 e. The van der Waals surface area contributed by atoms with E-state index in [0.717, 1.165) is 6.42 Å². The minimum atomic E-state index is -3.91. The number of hydrogen-bond donors (Lipinski definition) is 1. The standard InChI is InChI=1S/C16H23N3O4S2/c1-12-9-14(19-7-5-6-8-24(19,20)21)10-13(2)15(12)25(22,23)18-16(3,4)11-17/h9-10,18H,5-8H2,1-4H3. The summed E-state index contributed by atoms with van der Waals surface area (Å²) in [5.74, 6) is 0.100. The van der Waals surface area contributed by atoms with Gasteiger partial charge in [0.1, 0.15) is 5.54 Å². The van der Waals surface area contributed by atoms with Crippen molar-refractivity contribution in [1.29, 1.82) is 5.26 Å². The number of rotatable bonds is 4. The van der Waals surface area contributed by atoms with Crippen LogP contribution >= 0.6 is 0 Å². The van der Waals surface area contributed by atoms with Crippen LogP contribution in [-0.4, -0.2) is 34.7 Å². The van der Waals surface area contributed by atoms with Crippen molar-refractivity contribution in [3.8, 4) is 6.07 Å². The van der Waals surface area contributed by atoms with E-state index in [0.29, 0.717) is 29.8 Å². The van der Waals surface area contributed by atoms with Gasteiger partial charge in [-0.15, -0.1) is 0 Å². The van der Waals surface area contributed by atoms with Crippen LogP contribution in [0.1, 0.15) is 37.8 Å². The van der Waals surface area contributed by atoms with Crippen molar-refractivity contribution in [3.05, 3.63) is 23.3 Å². The summed E-state index contributed by atoms with van der Waals surface area (Å²) in [6, 6.07) is 5.05. The predicted octanol–water partition coefficient (Wildman–Crippen LogP) is 1.81. The quantitative estimate of drug-likeness (QED) is 0.850. The maximum Gasteiger partial charge on any atom is 0.242 e. The molecule has 0 atom stereocenters. The Morgan fingerprint density at radius 1 is 1.20 bits per heavy atom. The summed E-state index contributed by atoms with van der Waals surface area (Å²) < 4.78 is 53.6. The number of nitrogens with zero attached hydrogens (tertiary/aromatic N) is 2. The van der Waals surface area contributed by atoms with Crippen molar-refractivity contribution >= 4 is 25.7 Å². The normalized spacial score (nSPS) is 18.0. The number of benzene rings is 1. The zero-order valence-corrected chi connectivity index (χ0v) is 16.5. The second-order valence-corrected chi connectivity index (χ2v) is 10.5. The highest BCUT2D eigenvalue weighted by Crippen LogP contribution is 2.30. The van der Waals surface area contributed by atoms with Crippen LogP contribution in [0.2, 0.25) is 0 Å². The van der Waals surface area contributed by atoms with Gasteiger partial charge in [-0.25, -0.2) is 16.8 Å². The lowest BCUT2D eigenvalue weighted by molar-refractivity contribution is 0.535. The zero-order chi connectivity index (χ0) is 19.0. The van der Waals surface area contributed by atoms with Crippen molar-refractivity contribution in [1.82, 2.24) is 4.72 Å². The Hall–Kier alpha value is -1.63. The van der Waals surface area contributed by atoms with Gasteiger partial charge in [-0.3, -0.25) is 4.31 Å².